The fourth-order valence-corrected chi connectivity index (χ4v) is 0.902. The van der Waals surface area contributed by atoms with Gasteiger partial charge in [0.15, 0.2) is 0 Å². The van der Waals surface area contributed by atoms with Crippen LogP contribution >= 0.6 is 0 Å². The van der Waals surface area contributed by atoms with Crippen molar-refractivity contribution in [2.45, 2.75) is 13.5 Å². The van der Waals surface area contributed by atoms with Gasteiger partial charge in [0.25, 0.3) is 0 Å². The van der Waals surface area contributed by atoms with Crippen LogP contribution in [0, 0.1) is 0 Å². The predicted molar refractivity (Wildman–Crippen MR) is 51.3 cm³/mol. The molecule has 0 aliphatic carbocycles. The van der Waals surface area contributed by atoms with Gasteiger partial charge in [-0.3, -0.25) is 9.89 Å². The summed E-state index contributed by atoms with van der Waals surface area (Å²) in [7, 11) is 0. The number of ether oxygens (including phenoxy) is 1. The van der Waals surface area contributed by atoms with Crippen LogP contribution in [0.5, 0.6) is 0 Å². The molecule has 0 atom stereocenters. The summed E-state index contributed by atoms with van der Waals surface area (Å²) in [4.78, 5) is 11.1. The molecule has 0 bridgehead atoms. The number of hydrogen-bond acceptors (Lipinski definition) is 4. The molecule has 6 heteroatoms. The van der Waals surface area contributed by atoms with E-state index in [1.54, 1.807) is 6.20 Å². The molecular formula is C8H14N4O2. The zero-order valence-electron chi connectivity index (χ0n) is 8.04. The standard InChI is InChI=1S/C8H14N4O2/c1-2-14-5-7(13)10-3-6-4-11-12-8(6)9/h4H,2-3,5H2,1H3,(H,10,13)(H3,9,11,12). The van der Waals surface area contributed by atoms with E-state index in [0.29, 0.717) is 19.0 Å². The summed E-state index contributed by atoms with van der Waals surface area (Å²) in [5.74, 6) is 0.314. The first-order valence-electron chi connectivity index (χ1n) is 4.36. The minimum atomic E-state index is -0.160. The van der Waals surface area contributed by atoms with E-state index in [4.69, 9.17) is 10.5 Å². The van der Waals surface area contributed by atoms with Crippen molar-refractivity contribution >= 4 is 11.7 Å². The second-order valence-corrected chi connectivity index (χ2v) is 2.72. The SMILES string of the molecule is CCOCC(=O)NCc1cn[nH]c1N. The van der Waals surface area contributed by atoms with Crippen molar-refractivity contribution < 1.29 is 9.53 Å². The van der Waals surface area contributed by atoms with E-state index < -0.39 is 0 Å². The van der Waals surface area contributed by atoms with Gasteiger partial charge in [0.1, 0.15) is 12.4 Å². The second kappa shape index (κ2) is 5.23. The van der Waals surface area contributed by atoms with Gasteiger partial charge in [0.05, 0.1) is 6.20 Å². The minimum Gasteiger partial charge on any atom is -0.384 e. The summed E-state index contributed by atoms with van der Waals surface area (Å²) >= 11 is 0. The number of amides is 1. The Balaban J connectivity index is 2.27. The van der Waals surface area contributed by atoms with Gasteiger partial charge in [-0.15, -0.1) is 0 Å². The first kappa shape index (κ1) is 10.5. The summed E-state index contributed by atoms with van der Waals surface area (Å²) in [6.07, 6.45) is 1.58. The fourth-order valence-electron chi connectivity index (χ4n) is 0.902. The number of nitrogens with zero attached hydrogens (tertiary/aromatic N) is 1. The van der Waals surface area contributed by atoms with Crippen LogP contribution in [0.3, 0.4) is 0 Å². The Hall–Kier alpha value is -1.56. The number of rotatable bonds is 5. The van der Waals surface area contributed by atoms with Crippen molar-refractivity contribution in [1.82, 2.24) is 15.5 Å². The largest absolute Gasteiger partial charge is 0.384 e. The maximum absolute atomic E-state index is 11.1. The molecule has 1 amide bonds. The first-order valence-corrected chi connectivity index (χ1v) is 4.36. The van der Waals surface area contributed by atoms with Crippen molar-refractivity contribution in [3.8, 4) is 0 Å². The van der Waals surface area contributed by atoms with E-state index in [2.05, 4.69) is 15.5 Å². The Labute approximate surface area is 81.8 Å². The highest BCUT2D eigenvalue weighted by atomic mass is 16.5. The van der Waals surface area contributed by atoms with E-state index in [1.807, 2.05) is 6.92 Å². The molecule has 6 nitrogen and oxygen atoms in total. The Kier molecular flexibility index (Phi) is 3.93. The molecule has 0 spiro atoms. The van der Waals surface area contributed by atoms with Crippen LogP contribution in [-0.2, 0) is 16.1 Å². The number of nitrogen functional groups attached to an aromatic ring is 1. The van der Waals surface area contributed by atoms with Crippen LogP contribution in [-0.4, -0.2) is 29.3 Å². The van der Waals surface area contributed by atoms with Crippen LogP contribution in [0.1, 0.15) is 12.5 Å². The number of aromatic amines is 1. The van der Waals surface area contributed by atoms with Gasteiger partial charge in [-0.1, -0.05) is 0 Å². The van der Waals surface area contributed by atoms with Gasteiger partial charge in [-0.25, -0.2) is 0 Å². The van der Waals surface area contributed by atoms with Crippen molar-refractivity contribution in [2.75, 3.05) is 18.9 Å². The third-order valence-electron chi connectivity index (χ3n) is 1.66. The normalized spacial score (nSPS) is 10.1. The maximum atomic E-state index is 11.1. The molecular weight excluding hydrogens is 184 g/mol. The maximum Gasteiger partial charge on any atom is 0.246 e. The lowest BCUT2D eigenvalue weighted by Crippen LogP contribution is -2.27. The van der Waals surface area contributed by atoms with Crippen LogP contribution < -0.4 is 11.1 Å². The van der Waals surface area contributed by atoms with E-state index in [9.17, 15) is 4.79 Å². The van der Waals surface area contributed by atoms with Crippen molar-refractivity contribution in [2.24, 2.45) is 0 Å². The van der Waals surface area contributed by atoms with Gasteiger partial charge < -0.3 is 15.8 Å². The van der Waals surface area contributed by atoms with Gasteiger partial charge in [-0.2, -0.15) is 5.10 Å². The zero-order valence-corrected chi connectivity index (χ0v) is 8.04. The summed E-state index contributed by atoms with van der Waals surface area (Å²) in [6, 6.07) is 0. The van der Waals surface area contributed by atoms with Crippen molar-refractivity contribution in [1.29, 1.82) is 0 Å². The Morgan fingerprint density at radius 3 is 3.14 bits per heavy atom. The second-order valence-electron chi connectivity index (χ2n) is 2.72. The third kappa shape index (κ3) is 3.06. The molecule has 0 aromatic carbocycles. The van der Waals surface area contributed by atoms with E-state index >= 15 is 0 Å². The Morgan fingerprint density at radius 2 is 2.57 bits per heavy atom. The summed E-state index contributed by atoms with van der Waals surface area (Å²) in [6.45, 7) is 2.81. The van der Waals surface area contributed by atoms with Gasteiger partial charge in [0.2, 0.25) is 5.91 Å². The lowest BCUT2D eigenvalue weighted by Gasteiger charge is -2.03. The van der Waals surface area contributed by atoms with Gasteiger partial charge in [0, 0.05) is 18.7 Å². The number of H-pyrrole nitrogens is 1. The molecule has 1 aromatic rings. The van der Waals surface area contributed by atoms with Crippen LogP contribution in [0.15, 0.2) is 6.20 Å². The van der Waals surface area contributed by atoms with Gasteiger partial charge >= 0.3 is 0 Å². The molecule has 0 unspecified atom stereocenters. The van der Waals surface area contributed by atoms with Crippen LogP contribution in [0.2, 0.25) is 0 Å². The molecule has 78 valence electrons. The lowest BCUT2D eigenvalue weighted by atomic mass is 10.3. The molecule has 1 rings (SSSR count). The average molecular weight is 198 g/mol. The molecule has 0 aliphatic heterocycles. The molecule has 0 saturated carbocycles. The number of hydrogen-bond donors (Lipinski definition) is 3. The minimum absolute atomic E-state index is 0.0776. The highest BCUT2D eigenvalue weighted by molar-refractivity contribution is 5.77. The number of aromatic nitrogens is 2. The summed E-state index contributed by atoms with van der Waals surface area (Å²) in [5, 5.41) is 8.97. The topological polar surface area (TPSA) is 93.0 Å². The number of carbonyl (C=O) groups is 1. The molecule has 0 fully saturated rings. The molecule has 14 heavy (non-hydrogen) atoms. The quantitative estimate of drug-likeness (QED) is 0.602. The summed E-state index contributed by atoms with van der Waals surface area (Å²) in [5.41, 5.74) is 6.30. The first-order chi connectivity index (χ1) is 6.74. The number of nitrogens with one attached hydrogen (secondary N) is 2. The Morgan fingerprint density at radius 1 is 1.79 bits per heavy atom. The predicted octanol–water partition coefficient (Wildman–Crippen LogP) is -0.355. The number of nitrogens with two attached hydrogens (primary N) is 1. The van der Waals surface area contributed by atoms with Gasteiger partial charge in [-0.05, 0) is 6.92 Å². The monoisotopic (exact) mass is 198 g/mol. The molecule has 1 heterocycles. The Bertz CT molecular complexity index is 297. The fraction of sp³-hybridized carbons (Fsp3) is 0.500. The molecule has 4 N–H and O–H groups in total. The van der Waals surface area contributed by atoms with Crippen LogP contribution in [0.25, 0.3) is 0 Å². The van der Waals surface area contributed by atoms with E-state index in [-0.39, 0.29) is 12.5 Å². The zero-order chi connectivity index (χ0) is 10.4. The molecule has 0 saturated heterocycles. The number of carbonyl (C=O) groups excluding carboxylic acids is 1. The molecule has 1 aromatic heterocycles. The molecule has 0 radical (unpaired) electrons. The highest BCUT2D eigenvalue weighted by Crippen LogP contribution is 2.04. The summed E-state index contributed by atoms with van der Waals surface area (Å²) < 4.78 is 4.93. The molecule has 0 aliphatic rings. The highest BCUT2D eigenvalue weighted by Gasteiger charge is 2.03. The van der Waals surface area contributed by atoms with Crippen LogP contribution in [0.4, 0.5) is 5.82 Å². The van der Waals surface area contributed by atoms with Crippen molar-refractivity contribution in [3.63, 3.8) is 0 Å². The number of anilines is 1. The lowest BCUT2D eigenvalue weighted by molar-refractivity contribution is -0.125. The smallest absolute Gasteiger partial charge is 0.246 e. The third-order valence-corrected chi connectivity index (χ3v) is 1.66. The van der Waals surface area contributed by atoms with E-state index in [1.165, 1.54) is 0 Å². The van der Waals surface area contributed by atoms with E-state index in [0.717, 1.165) is 5.56 Å². The average Bonchev–Trinajstić information content (AvgIpc) is 2.58. The van der Waals surface area contributed by atoms with Crippen molar-refractivity contribution in [3.05, 3.63) is 11.8 Å².